The number of carbonyl (C=O) groups excluding carboxylic acids is 1. The molecule has 144 valence electrons. The quantitative estimate of drug-likeness (QED) is 0.625. The molecule has 1 aromatic carbocycles. The van der Waals surface area contributed by atoms with Gasteiger partial charge in [0, 0.05) is 25.3 Å². The highest BCUT2D eigenvalue weighted by Crippen LogP contribution is 2.36. The standard InChI is InChI=1S/C18H18ClF3N4O/c19-14-2-1-7-24-17(14)25-8-5-13(6-9-25)26(11-27)16-10-12(18(20,21)22)3-4-15(16)23/h1-4,7,10-11,13H,5-6,8-9,23H2. The number of halogens is 4. The molecule has 1 fully saturated rings. The van der Waals surface area contributed by atoms with Crippen LogP contribution < -0.4 is 15.5 Å². The number of nitrogens with two attached hydrogens (primary N) is 1. The van der Waals surface area contributed by atoms with Crippen molar-refractivity contribution < 1.29 is 18.0 Å². The van der Waals surface area contributed by atoms with Crippen LogP contribution >= 0.6 is 11.6 Å². The molecule has 1 aliphatic rings. The van der Waals surface area contributed by atoms with Crippen LogP contribution in [0, 0.1) is 0 Å². The average molecular weight is 399 g/mol. The predicted octanol–water partition coefficient (Wildman–Crippen LogP) is 3.97. The van der Waals surface area contributed by atoms with Gasteiger partial charge in [0.05, 0.1) is 22.0 Å². The number of aromatic nitrogens is 1. The van der Waals surface area contributed by atoms with Gasteiger partial charge in [0.2, 0.25) is 6.41 Å². The minimum absolute atomic E-state index is 0.0779. The van der Waals surface area contributed by atoms with Gasteiger partial charge in [-0.25, -0.2) is 4.98 Å². The van der Waals surface area contributed by atoms with Crippen LogP contribution in [0.25, 0.3) is 0 Å². The van der Waals surface area contributed by atoms with Crippen LogP contribution in [0.3, 0.4) is 0 Å². The summed E-state index contributed by atoms with van der Waals surface area (Å²) in [7, 11) is 0. The zero-order chi connectivity index (χ0) is 19.6. The summed E-state index contributed by atoms with van der Waals surface area (Å²) in [6.07, 6.45) is -1.20. The molecular formula is C18H18ClF3N4O. The van der Waals surface area contributed by atoms with E-state index in [0.29, 0.717) is 43.2 Å². The minimum atomic E-state index is -4.50. The van der Waals surface area contributed by atoms with Gasteiger partial charge in [-0.2, -0.15) is 13.2 Å². The summed E-state index contributed by atoms with van der Waals surface area (Å²) in [6, 6.07) is 6.24. The Morgan fingerprint density at radius 2 is 1.96 bits per heavy atom. The molecule has 9 heteroatoms. The highest BCUT2D eigenvalue weighted by molar-refractivity contribution is 6.32. The van der Waals surface area contributed by atoms with Gasteiger partial charge in [0.15, 0.2) is 0 Å². The number of alkyl halides is 3. The summed E-state index contributed by atoms with van der Waals surface area (Å²) in [5, 5.41) is 0.533. The van der Waals surface area contributed by atoms with Gasteiger partial charge in [-0.3, -0.25) is 4.79 Å². The molecule has 0 atom stereocenters. The van der Waals surface area contributed by atoms with E-state index in [1.165, 1.54) is 11.0 Å². The zero-order valence-corrected chi connectivity index (χ0v) is 15.0. The maximum absolute atomic E-state index is 13.0. The van der Waals surface area contributed by atoms with Crippen molar-refractivity contribution in [3.8, 4) is 0 Å². The Morgan fingerprint density at radius 1 is 1.26 bits per heavy atom. The van der Waals surface area contributed by atoms with Crippen LogP contribution in [-0.2, 0) is 11.0 Å². The molecule has 2 aromatic rings. The Bertz CT molecular complexity index is 822. The fourth-order valence-corrected chi connectivity index (χ4v) is 3.49. The molecule has 5 nitrogen and oxygen atoms in total. The van der Waals surface area contributed by atoms with E-state index in [-0.39, 0.29) is 17.4 Å². The first-order valence-electron chi connectivity index (χ1n) is 8.37. The Morgan fingerprint density at radius 3 is 2.56 bits per heavy atom. The van der Waals surface area contributed by atoms with E-state index in [9.17, 15) is 18.0 Å². The first-order chi connectivity index (χ1) is 12.8. The maximum atomic E-state index is 13.0. The fraction of sp³-hybridized carbons (Fsp3) is 0.333. The largest absolute Gasteiger partial charge is 0.416 e. The molecule has 0 bridgehead atoms. The van der Waals surface area contributed by atoms with Crippen molar-refractivity contribution in [3.63, 3.8) is 0 Å². The zero-order valence-electron chi connectivity index (χ0n) is 14.3. The third-order valence-electron chi connectivity index (χ3n) is 4.65. The summed E-state index contributed by atoms with van der Waals surface area (Å²) in [5.74, 6) is 0.661. The Kier molecular flexibility index (Phi) is 5.46. The van der Waals surface area contributed by atoms with Gasteiger partial charge >= 0.3 is 6.18 Å². The fourth-order valence-electron chi connectivity index (χ4n) is 3.25. The normalized spacial score (nSPS) is 15.6. The molecular weight excluding hydrogens is 381 g/mol. The van der Waals surface area contributed by atoms with Crippen molar-refractivity contribution in [2.24, 2.45) is 0 Å². The van der Waals surface area contributed by atoms with Crippen LogP contribution in [0.1, 0.15) is 18.4 Å². The van der Waals surface area contributed by atoms with Gasteiger partial charge in [-0.15, -0.1) is 0 Å². The first kappa shape index (κ1) is 19.3. The molecule has 1 amide bonds. The van der Waals surface area contributed by atoms with Crippen molar-refractivity contribution in [1.29, 1.82) is 0 Å². The highest BCUT2D eigenvalue weighted by Gasteiger charge is 2.33. The summed E-state index contributed by atoms with van der Waals surface area (Å²) >= 11 is 6.17. The SMILES string of the molecule is Nc1ccc(C(F)(F)F)cc1N(C=O)C1CCN(c2ncccc2Cl)CC1. The molecule has 0 spiro atoms. The number of carbonyl (C=O) groups is 1. The van der Waals surface area contributed by atoms with Gasteiger partial charge in [-0.1, -0.05) is 11.6 Å². The number of amides is 1. The van der Waals surface area contributed by atoms with E-state index in [1.54, 1.807) is 18.3 Å². The Hall–Kier alpha value is -2.48. The van der Waals surface area contributed by atoms with Crippen molar-refractivity contribution in [2.45, 2.75) is 25.1 Å². The maximum Gasteiger partial charge on any atom is 0.416 e. The van der Waals surface area contributed by atoms with Gasteiger partial charge in [0.25, 0.3) is 0 Å². The monoisotopic (exact) mass is 398 g/mol. The predicted molar refractivity (Wildman–Crippen MR) is 98.9 cm³/mol. The highest BCUT2D eigenvalue weighted by atomic mass is 35.5. The lowest BCUT2D eigenvalue weighted by atomic mass is 10.0. The van der Waals surface area contributed by atoms with Crippen LogP contribution in [0.15, 0.2) is 36.5 Å². The van der Waals surface area contributed by atoms with Crippen molar-refractivity contribution >= 4 is 35.2 Å². The lowest BCUT2D eigenvalue weighted by Gasteiger charge is -2.38. The average Bonchev–Trinajstić information content (AvgIpc) is 2.64. The van der Waals surface area contributed by atoms with Gasteiger partial charge in [0.1, 0.15) is 5.82 Å². The smallest absolute Gasteiger partial charge is 0.397 e. The molecule has 0 unspecified atom stereocenters. The summed E-state index contributed by atoms with van der Waals surface area (Å²) in [6.45, 7) is 1.15. The summed E-state index contributed by atoms with van der Waals surface area (Å²) < 4.78 is 39.0. The molecule has 0 aliphatic carbocycles. The molecule has 27 heavy (non-hydrogen) atoms. The lowest BCUT2D eigenvalue weighted by molar-refractivity contribution is -0.137. The minimum Gasteiger partial charge on any atom is -0.397 e. The number of hydrogen-bond acceptors (Lipinski definition) is 4. The van der Waals surface area contributed by atoms with E-state index in [4.69, 9.17) is 17.3 Å². The Balaban J connectivity index is 1.78. The number of hydrogen-bond donors (Lipinski definition) is 1. The van der Waals surface area contributed by atoms with Crippen molar-refractivity contribution in [3.05, 3.63) is 47.1 Å². The molecule has 0 radical (unpaired) electrons. The third kappa shape index (κ3) is 4.10. The van der Waals surface area contributed by atoms with Crippen molar-refractivity contribution in [1.82, 2.24) is 4.98 Å². The summed E-state index contributed by atoms with van der Waals surface area (Å²) in [5.41, 5.74) is 5.22. The molecule has 0 saturated carbocycles. The number of pyridine rings is 1. The molecule has 3 rings (SSSR count). The number of anilines is 3. The van der Waals surface area contributed by atoms with Crippen LogP contribution in [0.4, 0.5) is 30.4 Å². The third-order valence-corrected chi connectivity index (χ3v) is 4.94. The first-order valence-corrected chi connectivity index (χ1v) is 8.75. The molecule has 1 aromatic heterocycles. The van der Waals surface area contributed by atoms with Crippen LogP contribution in [0.2, 0.25) is 5.02 Å². The van der Waals surface area contributed by atoms with E-state index < -0.39 is 11.7 Å². The van der Waals surface area contributed by atoms with Gasteiger partial charge < -0.3 is 15.5 Å². The molecule has 2 N–H and O–H groups in total. The van der Waals surface area contributed by atoms with E-state index in [2.05, 4.69) is 4.98 Å². The lowest BCUT2D eigenvalue weighted by Crippen LogP contribution is -2.45. The number of benzene rings is 1. The molecule has 2 heterocycles. The second kappa shape index (κ2) is 7.64. The van der Waals surface area contributed by atoms with Crippen molar-refractivity contribution in [2.75, 3.05) is 28.6 Å². The van der Waals surface area contributed by atoms with Crippen LogP contribution in [0.5, 0.6) is 0 Å². The topological polar surface area (TPSA) is 62.5 Å². The molecule has 1 aliphatic heterocycles. The second-order valence-corrected chi connectivity index (χ2v) is 6.72. The summed E-state index contributed by atoms with van der Waals surface area (Å²) in [4.78, 5) is 19.2. The number of piperidine rings is 1. The van der Waals surface area contributed by atoms with E-state index in [1.807, 2.05) is 4.90 Å². The van der Waals surface area contributed by atoms with E-state index >= 15 is 0 Å². The molecule has 1 saturated heterocycles. The van der Waals surface area contributed by atoms with Crippen LogP contribution in [-0.4, -0.2) is 30.5 Å². The Labute approximate surface area is 159 Å². The number of rotatable bonds is 4. The number of nitrogens with zero attached hydrogens (tertiary/aromatic N) is 3. The number of nitrogen functional groups attached to an aromatic ring is 1. The van der Waals surface area contributed by atoms with Gasteiger partial charge in [-0.05, 0) is 43.2 Å². The second-order valence-electron chi connectivity index (χ2n) is 6.31. The van der Waals surface area contributed by atoms with E-state index in [0.717, 1.165) is 12.1 Å².